The molecule has 0 aliphatic carbocycles. The number of hydrogen-bond acceptors (Lipinski definition) is 6. The molecule has 1 heterocycles. The molecule has 0 bridgehead atoms. The van der Waals surface area contributed by atoms with Gasteiger partial charge in [0.1, 0.15) is 12.1 Å². The molecule has 0 aliphatic rings. The zero-order valence-corrected chi connectivity index (χ0v) is 15.0. The highest BCUT2D eigenvalue weighted by Gasteiger charge is 2.04. The number of nitrogens with zero attached hydrogens (tertiary/aromatic N) is 2. The van der Waals surface area contributed by atoms with Crippen LogP contribution in [0.5, 0.6) is 0 Å². The summed E-state index contributed by atoms with van der Waals surface area (Å²) in [6, 6.07) is 13.5. The molecule has 0 amide bonds. The third-order valence-electron chi connectivity index (χ3n) is 2.75. The highest BCUT2D eigenvalue weighted by atomic mass is 79.9. The van der Waals surface area contributed by atoms with Crippen molar-refractivity contribution in [2.75, 3.05) is 17.3 Å². The van der Waals surface area contributed by atoms with E-state index >= 15 is 0 Å². The van der Waals surface area contributed by atoms with Crippen molar-refractivity contribution >= 4 is 54.1 Å². The molecule has 4 N–H and O–H groups in total. The molecule has 0 fully saturated rings. The minimum Gasteiger partial charge on any atom is -0.399 e. The van der Waals surface area contributed by atoms with Crippen molar-refractivity contribution in [1.29, 1.82) is 0 Å². The van der Waals surface area contributed by atoms with Gasteiger partial charge >= 0.3 is 0 Å². The number of nitrogens with two attached hydrogens (primary N) is 1. The summed E-state index contributed by atoms with van der Waals surface area (Å²) < 4.78 is 26.9. The van der Waals surface area contributed by atoms with Crippen molar-refractivity contribution in [2.45, 2.75) is 0 Å². The van der Waals surface area contributed by atoms with Gasteiger partial charge in [-0.15, -0.1) is 0 Å². The van der Waals surface area contributed by atoms with Gasteiger partial charge in [-0.25, -0.2) is 9.97 Å². The summed E-state index contributed by atoms with van der Waals surface area (Å²) in [5.41, 5.74) is 8.33. The molecule has 7 nitrogen and oxygen atoms in total. The molecule has 1 aromatic heterocycles. The second kappa shape index (κ2) is 7.56. The summed E-state index contributed by atoms with van der Waals surface area (Å²) >= 11 is 3.44. The predicted octanol–water partition coefficient (Wildman–Crippen LogP) is 3.22. The lowest BCUT2D eigenvalue weighted by Gasteiger charge is -2.09. The van der Waals surface area contributed by atoms with Gasteiger partial charge in [-0.2, -0.15) is 8.42 Å². The molecule has 0 saturated carbocycles. The van der Waals surface area contributed by atoms with Gasteiger partial charge in [0.2, 0.25) is 0 Å². The maximum atomic E-state index is 9.19. The third kappa shape index (κ3) is 5.76. The Kier molecular flexibility index (Phi) is 5.71. The number of fused-ring (bicyclic) bond motifs is 1. The lowest BCUT2D eigenvalue weighted by Crippen LogP contribution is -1.96. The summed E-state index contributed by atoms with van der Waals surface area (Å²) in [6.45, 7) is 0. The monoisotopic (exact) mass is 410 g/mol. The Hall–Kier alpha value is -2.23. The van der Waals surface area contributed by atoms with Gasteiger partial charge in [0.25, 0.3) is 10.1 Å². The van der Waals surface area contributed by atoms with Crippen LogP contribution in [0.1, 0.15) is 0 Å². The molecule has 9 heteroatoms. The number of rotatable bonds is 2. The maximum absolute atomic E-state index is 9.19. The Balaban J connectivity index is 0.000000368. The molecular formula is C15H15BrN4O3S. The molecule has 3 rings (SSSR count). The fourth-order valence-corrected chi connectivity index (χ4v) is 2.28. The molecule has 126 valence electrons. The first-order valence-corrected chi connectivity index (χ1v) is 9.32. The van der Waals surface area contributed by atoms with Gasteiger partial charge in [-0.3, -0.25) is 4.55 Å². The van der Waals surface area contributed by atoms with E-state index < -0.39 is 10.1 Å². The van der Waals surface area contributed by atoms with Gasteiger partial charge in [0, 0.05) is 21.2 Å². The minimum absolute atomic E-state index is 0.694. The van der Waals surface area contributed by atoms with Crippen LogP contribution in [0.15, 0.2) is 53.3 Å². The SMILES string of the molecule is CS(=O)(=O)O.Nc1ccc2ncnc(Nc3cccc(Br)c3)c2c1. The smallest absolute Gasteiger partial charge is 0.261 e. The van der Waals surface area contributed by atoms with E-state index in [9.17, 15) is 8.42 Å². The van der Waals surface area contributed by atoms with E-state index in [0.717, 1.165) is 26.9 Å². The first kappa shape index (κ1) is 18.1. The molecule has 0 unspecified atom stereocenters. The van der Waals surface area contributed by atoms with Gasteiger partial charge < -0.3 is 11.1 Å². The molecule has 0 atom stereocenters. The Morgan fingerprint density at radius 2 is 1.88 bits per heavy atom. The van der Waals surface area contributed by atoms with Crippen LogP contribution in [0, 0.1) is 0 Å². The highest BCUT2D eigenvalue weighted by Crippen LogP contribution is 2.25. The largest absolute Gasteiger partial charge is 0.399 e. The standard InChI is InChI=1S/C14H11BrN4.CH4O3S/c15-9-2-1-3-11(6-9)19-14-12-7-10(16)4-5-13(12)17-8-18-14;1-5(2,3)4/h1-8H,16H2,(H,17,18,19);1H3,(H,2,3,4). The van der Waals surface area contributed by atoms with E-state index in [-0.39, 0.29) is 0 Å². The molecular weight excluding hydrogens is 396 g/mol. The first-order chi connectivity index (χ1) is 11.2. The van der Waals surface area contributed by atoms with E-state index in [0.29, 0.717) is 11.9 Å². The minimum atomic E-state index is -3.67. The first-order valence-electron chi connectivity index (χ1n) is 6.67. The van der Waals surface area contributed by atoms with Gasteiger partial charge in [-0.1, -0.05) is 22.0 Å². The second-order valence-electron chi connectivity index (χ2n) is 4.87. The predicted molar refractivity (Wildman–Crippen MR) is 98.8 cm³/mol. The average molecular weight is 411 g/mol. The summed E-state index contributed by atoms with van der Waals surface area (Å²) in [4.78, 5) is 8.51. The van der Waals surface area contributed by atoms with Crippen LogP contribution in [0.3, 0.4) is 0 Å². The number of aromatic nitrogens is 2. The highest BCUT2D eigenvalue weighted by molar-refractivity contribution is 9.10. The average Bonchev–Trinajstić information content (AvgIpc) is 2.46. The zero-order chi connectivity index (χ0) is 17.7. The number of hydrogen-bond donors (Lipinski definition) is 3. The lowest BCUT2D eigenvalue weighted by atomic mass is 10.2. The Morgan fingerprint density at radius 3 is 2.54 bits per heavy atom. The van der Waals surface area contributed by atoms with Crippen LogP contribution in [0.4, 0.5) is 17.2 Å². The Bertz CT molecular complexity index is 956. The lowest BCUT2D eigenvalue weighted by molar-refractivity contribution is 0.490. The molecule has 24 heavy (non-hydrogen) atoms. The molecule has 2 aromatic carbocycles. The van der Waals surface area contributed by atoms with Crippen LogP contribution in [0.2, 0.25) is 0 Å². The van der Waals surface area contributed by atoms with Crippen molar-refractivity contribution in [3.05, 3.63) is 53.3 Å². The molecule has 0 radical (unpaired) electrons. The quantitative estimate of drug-likeness (QED) is 0.438. The van der Waals surface area contributed by atoms with E-state index in [1.54, 1.807) is 6.33 Å². The van der Waals surface area contributed by atoms with E-state index in [1.807, 2.05) is 42.5 Å². The van der Waals surface area contributed by atoms with Gasteiger partial charge in [0.05, 0.1) is 11.8 Å². The second-order valence-corrected chi connectivity index (χ2v) is 7.25. The third-order valence-corrected chi connectivity index (χ3v) is 3.24. The topological polar surface area (TPSA) is 118 Å². The molecule has 3 aromatic rings. The van der Waals surface area contributed by atoms with Crippen LogP contribution in [-0.2, 0) is 10.1 Å². The zero-order valence-electron chi connectivity index (χ0n) is 12.6. The Morgan fingerprint density at radius 1 is 1.17 bits per heavy atom. The van der Waals surface area contributed by atoms with Crippen molar-refractivity contribution in [3.63, 3.8) is 0 Å². The van der Waals surface area contributed by atoms with Crippen LogP contribution < -0.4 is 11.1 Å². The Labute approximate surface area is 147 Å². The fourth-order valence-electron chi connectivity index (χ4n) is 1.88. The summed E-state index contributed by atoms with van der Waals surface area (Å²) in [7, 11) is -3.67. The van der Waals surface area contributed by atoms with Crippen LogP contribution in [0.25, 0.3) is 10.9 Å². The molecule has 0 aliphatic heterocycles. The molecule has 0 spiro atoms. The van der Waals surface area contributed by atoms with Crippen molar-refractivity contribution in [2.24, 2.45) is 0 Å². The van der Waals surface area contributed by atoms with Gasteiger partial charge in [0.15, 0.2) is 0 Å². The van der Waals surface area contributed by atoms with Crippen LogP contribution >= 0.6 is 15.9 Å². The number of halogens is 1. The summed E-state index contributed by atoms with van der Waals surface area (Å²) in [5.74, 6) is 0.746. The van der Waals surface area contributed by atoms with Crippen LogP contribution in [-0.4, -0.2) is 29.2 Å². The van der Waals surface area contributed by atoms with E-state index in [4.69, 9.17) is 10.3 Å². The van der Waals surface area contributed by atoms with E-state index in [2.05, 4.69) is 31.2 Å². The number of nitrogen functional groups attached to an aromatic ring is 1. The summed E-state index contributed by atoms with van der Waals surface area (Å²) in [5, 5.41) is 4.18. The molecule has 0 saturated heterocycles. The number of benzene rings is 2. The van der Waals surface area contributed by atoms with Crippen molar-refractivity contribution < 1.29 is 13.0 Å². The number of nitrogens with one attached hydrogen (secondary N) is 1. The maximum Gasteiger partial charge on any atom is 0.261 e. The van der Waals surface area contributed by atoms with E-state index in [1.165, 1.54) is 0 Å². The van der Waals surface area contributed by atoms with Crippen molar-refractivity contribution in [3.8, 4) is 0 Å². The number of anilines is 3. The normalized spacial score (nSPS) is 10.8. The van der Waals surface area contributed by atoms with Gasteiger partial charge in [-0.05, 0) is 36.4 Å². The van der Waals surface area contributed by atoms with Crippen molar-refractivity contribution in [1.82, 2.24) is 9.97 Å². The fraction of sp³-hybridized carbons (Fsp3) is 0.0667. The summed E-state index contributed by atoms with van der Waals surface area (Å²) in [6.07, 6.45) is 2.26.